The van der Waals surface area contributed by atoms with Crippen LogP contribution in [0.5, 0.6) is 23.3 Å². The monoisotopic (exact) mass is 572 g/mol. The molecular formula is C32H36N4O6. The lowest BCUT2D eigenvalue weighted by molar-refractivity contribution is -0.152. The second-order valence-corrected chi connectivity index (χ2v) is 11.6. The Morgan fingerprint density at radius 3 is 2.14 bits per heavy atom. The van der Waals surface area contributed by atoms with Crippen LogP contribution in [0.4, 0.5) is 4.79 Å². The highest BCUT2D eigenvalue weighted by Crippen LogP contribution is 2.31. The summed E-state index contributed by atoms with van der Waals surface area (Å²) in [7, 11) is 0. The molecule has 0 radical (unpaired) electrons. The molecule has 2 saturated heterocycles. The molecule has 2 fully saturated rings. The van der Waals surface area contributed by atoms with Gasteiger partial charge in [-0.25, -0.2) is 14.8 Å². The minimum absolute atomic E-state index is 0.0123. The Morgan fingerprint density at radius 1 is 0.881 bits per heavy atom. The number of amides is 3. The third-order valence-corrected chi connectivity index (χ3v) is 7.41. The number of carbonyl (C=O) groups excluding carboxylic acids is 3. The Hall–Kier alpha value is -4.47. The molecule has 220 valence electrons. The van der Waals surface area contributed by atoms with Gasteiger partial charge in [-0.3, -0.25) is 14.5 Å². The number of likely N-dealkylation sites (tertiary alicyclic amines) is 2. The standard InChI is InChI=1S/C32H36N4O6/c1-22-4-10-27(33-20-22)41-25-8-6-24(7-9-25)40-26-13-15-35(16-14-26)31(39)42-28-11-5-23(21-34-28)12-17-36-29(37)18-32(2,3)19-30(36)38/h4-11,20-21,26H,12-19H2,1-3H3. The van der Waals surface area contributed by atoms with Crippen LogP contribution in [-0.2, 0) is 16.0 Å². The molecule has 10 heteroatoms. The molecule has 0 aliphatic carbocycles. The molecule has 5 rings (SSSR count). The maximum Gasteiger partial charge on any atom is 0.416 e. The second-order valence-electron chi connectivity index (χ2n) is 11.6. The smallest absolute Gasteiger partial charge is 0.416 e. The first-order chi connectivity index (χ1) is 20.1. The number of aryl methyl sites for hydroxylation is 1. The Morgan fingerprint density at radius 2 is 1.52 bits per heavy atom. The lowest BCUT2D eigenvalue weighted by Crippen LogP contribution is -2.46. The molecule has 2 aliphatic rings. The summed E-state index contributed by atoms with van der Waals surface area (Å²) in [6.45, 7) is 7.17. The predicted octanol–water partition coefficient (Wildman–Crippen LogP) is 5.34. The highest BCUT2D eigenvalue weighted by Gasteiger charge is 2.37. The van der Waals surface area contributed by atoms with Crippen molar-refractivity contribution in [2.45, 2.75) is 59.0 Å². The highest BCUT2D eigenvalue weighted by molar-refractivity contribution is 5.98. The Bertz CT molecular complexity index is 1380. The maximum atomic E-state index is 12.7. The SMILES string of the molecule is Cc1ccc(Oc2ccc(OC3CCN(C(=O)Oc4ccc(CCN5C(=O)CC(C)(C)CC5=O)cn4)CC3)cc2)nc1. The quantitative estimate of drug-likeness (QED) is 0.333. The highest BCUT2D eigenvalue weighted by atomic mass is 16.6. The van der Waals surface area contributed by atoms with Gasteiger partial charge in [0.25, 0.3) is 0 Å². The summed E-state index contributed by atoms with van der Waals surface area (Å²) in [5.41, 5.74) is 1.63. The Kier molecular flexibility index (Phi) is 8.70. The third-order valence-electron chi connectivity index (χ3n) is 7.41. The van der Waals surface area contributed by atoms with Crippen molar-refractivity contribution in [1.82, 2.24) is 19.8 Å². The molecule has 3 amide bonds. The number of aromatic nitrogens is 2. The van der Waals surface area contributed by atoms with Gasteiger partial charge < -0.3 is 19.1 Å². The lowest BCUT2D eigenvalue weighted by Gasteiger charge is -2.34. The normalized spacial score (nSPS) is 17.2. The van der Waals surface area contributed by atoms with E-state index < -0.39 is 6.09 Å². The maximum absolute atomic E-state index is 12.7. The van der Waals surface area contributed by atoms with Crippen LogP contribution in [0.25, 0.3) is 0 Å². The van der Waals surface area contributed by atoms with Gasteiger partial charge >= 0.3 is 6.09 Å². The van der Waals surface area contributed by atoms with Gasteiger partial charge in [-0.1, -0.05) is 26.0 Å². The molecule has 2 aliphatic heterocycles. The molecule has 1 aromatic carbocycles. The zero-order chi connectivity index (χ0) is 29.7. The van der Waals surface area contributed by atoms with Crippen LogP contribution in [0.2, 0.25) is 0 Å². The van der Waals surface area contributed by atoms with E-state index >= 15 is 0 Å². The molecule has 0 saturated carbocycles. The van der Waals surface area contributed by atoms with E-state index in [2.05, 4.69) is 9.97 Å². The third kappa shape index (κ3) is 7.63. The summed E-state index contributed by atoms with van der Waals surface area (Å²) in [5, 5.41) is 0. The fourth-order valence-electron chi connectivity index (χ4n) is 5.04. The molecule has 0 unspecified atom stereocenters. The first-order valence-corrected chi connectivity index (χ1v) is 14.3. The average Bonchev–Trinajstić information content (AvgIpc) is 2.95. The molecule has 3 aromatic rings. The number of nitrogens with zero attached hydrogens (tertiary/aromatic N) is 4. The summed E-state index contributed by atoms with van der Waals surface area (Å²) in [5.74, 6) is 1.88. The Balaban J connectivity index is 1.03. The van der Waals surface area contributed by atoms with Crippen LogP contribution in [0, 0.1) is 12.3 Å². The van der Waals surface area contributed by atoms with Gasteiger partial charge in [0.2, 0.25) is 23.6 Å². The van der Waals surface area contributed by atoms with Gasteiger partial charge in [0.1, 0.15) is 17.6 Å². The van der Waals surface area contributed by atoms with Gasteiger partial charge in [-0.15, -0.1) is 0 Å². The van der Waals surface area contributed by atoms with Crippen LogP contribution in [0.1, 0.15) is 50.7 Å². The van der Waals surface area contributed by atoms with E-state index in [1.807, 2.05) is 57.2 Å². The van der Waals surface area contributed by atoms with Gasteiger partial charge in [0, 0.05) is 69.8 Å². The predicted molar refractivity (Wildman–Crippen MR) is 154 cm³/mol. The van der Waals surface area contributed by atoms with Crippen LogP contribution in [-0.4, -0.2) is 63.4 Å². The molecule has 0 bridgehead atoms. The van der Waals surface area contributed by atoms with E-state index in [9.17, 15) is 14.4 Å². The van der Waals surface area contributed by atoms with E-state index in [-0.39, 0.29) is 29.2 Å². The van der Waals surface area contributed by atoms with Gasteiger partial charge in [0.05, 0.1) is 0 Å². The number of imide groups is 1. The Labute approximate surface area is 245 Å². The average molecular weight is 573 g/mol. The largest absolute Gasteiger partial charge is 0.490 e. The van der Waals surface area contributed by atoms with Crippen molar-refractivity contribution < 1.29 is 28.6 Å². The summed E-state index contributed by atoms with van der Waals surface area (Å²) < 4.78 is 17.4. The van der Waals surface area contributed by atoms with Crippen LogP contribution >= 0.6 is 0 Å². The molecule has 0 N–H and O–H groups in total. The van der Waals surface area contributed by atoms with Crippen LogP contribution < -0.4 is 14.2 Å². The van der Waals surface area contributed by atoms with E-state index in [1.165, 1.54) is 4.90 Å². The number of benzene rings is 1. The van der Waals surface area contributed by atoms with E-state index in [0.717, 1.165) is 16.9 Å². The number of pyridine rings is 2. The zero-order valence-electron chi connectivity index (χ0n) is 24.2. The van der Waals surface area contributed by atoms with Crippen molar-refractivity contribution in [1.29, 1.82) is 0 Å². The zero-order valence-corrected chi connectivity index (χ0v) is 24.2. The van der Waals surface area contributed by atoms with Crippen molar-refractivity contribution in [3.05, 3.63) is 72.1 Å². The fourth-order valence-corrected chi connectivity index (χ4v) is 5.04. The van der Waals surface area contributed by atoms with Crippen molar-refractivity contribution in [2.75, 3.05) is 19.6 Å². The van der Waals surface area contributed by atoms with Crippen molar-refractivity contribution >= 4 is 17.9 Å². The molecule has 42 heavy (non-hydrogen) atoms. The summed E-state index contributed by atoms with van der Waals surface area (Å²) in [4.78, 5) is 48.9. The van der Waals surface area contributed by atoms with Crippen molar-refractivity contribution in [3.8, 4) is 23.3 Å². The number of hydrogen-bond acceptors (Lipinski definition) is 8. The summed E-state index contributed by atoms with van der Waals surface area (Å²) in [6.07, 6.45) is 5.49. The topological polar surface area (TPSA) is 111 Å². The number of rotatable bonds is 8. The van der Waals surface area contributed by atoms with E-state index in [0.29, 0.717) is 63.4 Å². The number of ether oxygens (including phenoxy) is 3. The number of hydrogen-bond donors (Lipinski definition) is 0. The minimum Gasteiger partial charge on any atom is -0.490 e. The summed E-state index contributed by atoms with van der Waals surface area (Å²) in [6, 6.07) is 14.6. The lowest BCUT2D eigenvalue weighted by atomic mass is 9.81. The van der Waals surface area contributed by atoms with Crippen LogP contribution in [0.3, 0.4) is 0 Å². The van der Waals surface area contributed by atoms with Gasteiger partial charge in [-0.2, -0.15) is 0 Å². The molecular weight excluding hydrogens is 536 g/mol. The van der Waals surface area contributed by atoms with Gasteiger partial charge in [0.15, 0.2) is 0 Å². The molecule has 10 nitrogen and oxygen atoms in total. The van der Waals surface area contributed by atoms with Crippen molar-refractivity contribution in [3.63, 3.8) is 0 Å². The fraction of sp³-hybridized carbons (Fsp3) is 0.406. The molecule has 2 aromatic heterocycles. The van der Waals surface area contributed by atoms with Crippen LogP contribution in [0.15, 0.2) is 60.9 Å². The summed E-state index contributed by atoms with van der Waals surface area (Å²) >= 11 is 0. The second kappa shape index (κ2) is 12.6. The number of carbonyl (C=O) groups is 3. The number of piperidine rings is 2. The first-order valence-electron chi connectivity index (χ1n) is 14.3. The van der Waals surface area contributed by atoms with Gasteiger partial charge in [-0.05, 0) is 54.2 Å². The molecule has 0 atom stereocenters. The van der Waals surface area contributed by atoms with E-state index in [1.54, 1.807) is 29.4 Å². The van der Waals surface area contributed by atoms with Crippen molar-refractivity contribution in [2.24, 2.45) is 5.41 Å². The first kappa shape index (κ1) is 29.0. The van der Waals surface area contributed by atoms with E-state index in [4.69, 9.17) is 14.2 Å². The molecule has 4 heterocycles. The minimum atomic E-state index is -0.452. The molecule has 0 spiro atoms.